The van der Waals surface area contributed by atoms with Gasteiger partial charge in [0.25, 0.3) is 5.91 Å². The zero-order chi connectivity index (χ0) is 32.6. The highest BCUT2D eigenvalue weighted by Gasteiger charge is 2.54. The topological polar surface area (TPSA) is 121 Å². The standard InChI is InChI=1S/C35H45N7O3/c1-21(38-20-32(43)42-28(19-36)16-27-17-31(27)42)18-35(34(45)39-37-3)29-12-10-23(22(2)40(4)5)14-24(29)8-9-25-15-26(11-13-30(25)35)33(44)41(6)7/h10-15,21,27-28,31,37-38H,2,8-9,16-18,20H2,1,3-7H3,(H,39,45)/t21-,27+,28?,31-,35?/m0/s1. The van der Waals surface area contributed by atoms with Crippen LogP contribution in [0.4, 0.5) is 0 Å². The Morgan fingerprint density at radius 3 is 2.22 bits per heavy atom. The number of nitrogens with one attached hydrogen (secondary N) is 3. The van der Waals surface area contributed by atoms with Crippen molar-refractivity contribution >= 4 is 23.4 Å². The van der Waals surface area contributed by atoms with Crippen molar-refractivity contribution in [3.8, 4) is 6.07 Å². The fourth-order valence-corrected chi connectivity index (χ4v) is 7.27. The van der Waals surface area contributed by atoms with E-state index in [2.05, 4.69) is 34.9 Å². The van der Waals surface area contributed by atoms with Gasteiger partial charge in [-0.3, -0.25) is 19.8 Å². The van der Waals surface area contributed by atoms with E-state index >= 15 is 0 Å². The van der Waals surface area contributed by atoms with E-state index < -0.39 is 5.41 Å². The fraction of sp³-hybridized carbons (Fsp3) is 0.486. The van der Waals surface area contributed by atoms with Gasteiger partial charge in [0.2, 0.25) is 11.8 Å². The molecular weight excluding hydrogens is 566 g/mol. The predicted molar refractivity (Wildman–Crippen MR) is 174 cm³/mol. The van der Waals surface area contributed by atoms with Gasteiger partial charge in [0.1, 0.15) is 11.5 Å². The Kier molecular flexibility index (Phi) is 9.06. The van der Waals surface area contributed by atoms with Crippen molar-refractivity contribution in [2.45, 2.75) is 62.6 Å². The molecule has 2 aromatic rings. The molecule has 45 heavy (non-hydrogen) atoms. The summed E-state index contributed by atoms with van der Waals surface area (Å²) in [6, 6.07) is 13.7. The van der Waals surface area contributed by atoms with Crippen molar-refractivity contribution in [3.63, 3.8) is 0 Å². The molecule has 2 aromatic carbocycles. The minimum atomic E-state index is -1.14. The lowest BCUT2D eigenvalue weighted by Crippen LogP contribution is -2.53. The number of piperidine rings is 1. The number of amides is 3. The van der Waals surface area contributed by atoms with Gasteiger partial charge in [-0.25, -0.2) is 5.43 Å². The Morgan fingerprint density at radius 2 is 1.64 bits per heavy atom. The van der Waals surface area contributed by atoms with Crippen LogP contribution in [0.2, 0.25) is 0 Å². The first-order valence-electron chi connectivity index (χ1n) is 15.7. The summed E-state index contributed by atoms with van der Waals surface area (Å²) in [6.07, 6.45) is 3.41. The lowest BCUT2D eigenvalue weighted by Gasteiger charge is -2.37. The number of hydrogen-bond donors (Lipinski definition) is 3. The average molecular weight is 612 g/mol. The molecule has 5 atom stereocenters. The van der Waals surface area contributed by atoms with Crippen molar-refractivity contribution in [2.24, 2.45) is 5.92 Å². The van der Waals surface area contributed by atoms with E-state index in [1.807, 2.05) is 50.2 Å². The van der Waals surface area contributed by atoms with Crippen LogP contribution in [0, 0.1) is 17.2 Å². The first-order valence-corrected chi connectivity index (χ1v) is 15.7. The molecule has 3 aliphatic rings. The van der Waals surface area contributed by atoms with Crippen molar-refractivity contribution in [1.82, 2.24) is 30.9 Å². The number of nitriles is 1. The summed E-state index contributed by atoms with van der Waals surface area (Å²) in [7, 11) is 9.03. The molecule has 0 radical (unpaired) electrons. The summed E-state index contributed by atoms with van der Waals surface area (Å²) < 4.78 is 0. The number of nitrogens with zero attached hydrogens (tertiary/aromatic N) is 4. The first kappa shape index (κ1) is 32.2. The zero-order valence-electron chi connectivity index (χ0n) is 27.2. The Balaban J connectivity index is 1.56. The molecule has 2 aliphatic carbocycles. The van der Waals surface area contributed by atoms with Crippen molar-refractivity contribution in [2.75, 3.05) is 41.8 Å². The van der Waals surface area contributed by atoms with Crippen molar-refractivity contribution in [1.29, 1.82) is 5.26 Å². The van der Waals surface area contributed by atoms with E-state index in [9.17, 15) is 19.6 Å². The van der Waals surface area contributed by atoms with E-state index in [0.29, 0.717) is 30.7 Å². The monoisotopic (exact) mass is 611 g/mol. The van der Waals surface area contributed by atoms with E-state index in [0.717, 1.165) is 46.4 Å². The smallest absolute Gasteiger partial charge is 0.253 e. The summed E-state index contributed by atoms with van der Waals surface area (Å²) in [5, 5.41) is 13.0. The van der Waals surface area contributed by atoms with Gasteiger partial charge in [-0.05, 0) is 91.0 Å². The van der Waals surface area contributed by atoms with E-state index in [-0.39, 0.29) is 42.4 Å². The highest BCUT2D eigenvalue weighted by molar-refractivity contribution is 5.96. The number of benzene rings is 2. The van der Waals surface area contributed by atoms with E-state index in [4.69, 9.17) is 0 Å². The average Bonchev–Trinajstić information content (AvgIpc) is 3.71. The molecule has 10 nitrogen and oxygen atoms in total. The summed E-state index contributed by atoms with van der Waals surface area (Å²) in [6.45, 7) is 6.33. The Morgan fingerprint density at radius 1 is 1.02 bits per heavy atom. The van der Waals surface area contributed by atoms with E-state index in [1.165, 1.54) is 0 Å². The lowest BCUT2D eigenvalue weighted by atomic mass is 9.67. The number of likely N-dealkylation sites (tertiary alicyclic amines) is 1. The number of fused-ring (bicyclic) bond motifs is 3. The second kappa shape index (κ2) is 12.7. The molecule has 1 saturated heterocycles. The van der Waals surface area contributed by atoms with Gasteiger partial charge < -0.3 is 20.0 Å². The number of rotatable bonds is 10. The molecule has 238 valence electrons. The summed E-state index contributed by atoms with van der Waals surface area (Å²) >= 11 is 0. The second-order valence-corrected chi connectivity index (χ2v) is 13.1. The van der Waals surface area contributed by atoms with Crippen LogP contribution in [-0.2, 0) is 27.8 Å². The molecule has 1 heterocycles. The van der Waals surface area contributed by atoms with E-state index in [1.54, 1.807) is 37.0 Å². The summed E-state index contributed by atoms with van der Waals surface area (Å²) in [5.41, 5.74) is 10.7. The van der Waals surface area contributed by atoms with Crippen LogP contribution in [0.5, 0.6) is 0 Å². The number of hydrazine groups is 1. The maximum atomic E-state index is 14.5. The minimum absolute atomic E-state index is 0.0764. The van der Waals surface area contributed by atoms with Crippen LogP contribution < -0.4 is 16.2 Å². The Bertz CT molecular complexity index is 1490. The van der Waals surface area contributed by atoms with Crippen LogP contribution in [0.25, 0.3) is 5.70 Å². The normalized spacial score (nSPS) is 23.4. The largest absolute Gasteiger partial charge is 0.378 e. The lowest BCUT2D eigenvalue weighted by molar-refractivity contribution is -0.131. The molecule has 3 N–H and O–H groups in total. The maximum absolute atomic E-state index is 14.5. The molecule has 1 aliphatic heterocycles. The summed E-state index contributed by atoms with van der Waals surface area (Å²) in [5.74, 6) is 0.0531. The van der Waals surface area contributed by atoms with Crippen LogP contribution in [0.15, 0.2) is 43.0 Å². The van der Waals surface area contributed by atoms with Crippen LogP contribution >= 0.6 is 0 Å². The third-order valence-electron chi connectivity index (χ3n) is 9.70. The first-order chi connectivity index (χ1) is 21.4. The number of carbonyl (C=O) groups is 3. The van der Waals surface area contributed by atoms with Crippen LogP contribution in [-0.4, -0.2) is 92.3 Å². The number of carbonyl (C=O) groups excluding carboxylic acids is 3. The minimum Gasteiger partial charge on any atom is -0.378 e. The molecule has 0 bridgehead atoms. The molecule has 1 saturated carbocycles. The quantitative estimate of drug-likeness (QED) is 0.353. The molecule has 10 heteroatoms. The molecule has 0 spiro atoms. The second-order valence-electron chi connectivity index (χ2n) is 13.1. The van der Waals surface area contributed by atoms with Crippen molar-refractivity contribution < 1.29 is 14.4 Å². The van der Waals surface area contributed by atoms with Gasteiger partial charge in [-0.15, -0.1) is 0 Å². The van der Waals surface area contributed by atoms with Gasteiger partial charge in [0.15, 0.2) is 0 Å². The Hall–Kier alpha value is -4.20. The molecule has 5 rings (SSSR count). The number of hydrogen-bond acceptors (Lipinski definition) is 7. The molecule has 0 aromatic heterocycles. The van der Waals surface area contributed by atoms with Gasteiger partial charge in [-0.2, -0.15) is 5.26 Å². The van der Waals surface area contributed by atoms with Crippen LogP contribution in [0.3, 0.4) is 0 Å². The van der Waals surface area contributed by atoms with Gasteiger partial charge in [0, 0.05) is 58.6 Å². The van der Waals surface area contributed by atoms with Crippen LogP contribution in [0.1, 0.15) is 64.4 Å². The highest BCUT2D eigenvalue weighted by Crippen LogP contribution is 2.48. The molecule has 2 unspecified atom stereocenters. The molecule has 2 fully saturated rings. The van der Waals surface area contributed by atoms with Gasteiger partial charge >= 0.3 is 0 Å². The molecular formula is C35H45N7O3. The SMILES string of the molecule is C=C(c1ccc2c(c1)CCc1cc(C(=O)N(C)C)ccc1C2(C[C@H](C)NCC(=O)N1C(C#N)C[C@@H]2C[C@@H]21)C(=O)NNC)N(C)C. The maximum Gasteiger partial charge on any atom is 0.253 e. The predicted octanol–water partition coefficient (Wildman–Crippen LogP) is 2.44. The zero-order valence-corrected chi connectivity index (χ0v) is 27.2. The van der Waals surface area contributed by atoms with Gasteiger partial charge in [0.05, 0.1) is 12.6 Å². The van der Waals surface area contributed by atoms with Crippen molar-refractivity contribution in [3.05, 3.63) is 76.4 Å². The number of aryl methyl sites for hydroxylation is 2. The third-order valence-corrected chi connectivity index (χ3v) is 9.70. The summed E-state index contributed by atoms with van der Waals surface area (Å²) in [4.78, 5) is 46.0. The third kappa shape index (κ3) is 5.95. The highest BCUT2D eigenvalue weighted by atomic mass is 16.2. The fourth-order valence-electron chi connectivity index (χ4n) is 7.27. The van der Waals surface area contributed by atoms with Gasteiger partial charge in [-0.1, -0.05) is 24.8 Å². The molecule has 3 amide bonds. The Labute approximate surface area is 266 Å².